The highest BCUT2D eigenvalue weighted by molar-refractivity contribution is 7.89. The smallest absolute Gasteiger partial charge is 0.243 e. The first-order chi connectivity index (χ1) is 13.8. The van der Waals surface area contributed by atoms with E-state index in [9.17, 15) is 13.2 Å². The average Bonchev–Trinajstić information content (AvgIpc) is 3.00. The number of carbonyl (C=O) groups is 1. The maximum Gasteiger partial charge on any atom is 0.243 e. The van der Waals surface area contributed by atoms with E-state index in [0.717, 1.165) is 5.56 Å². The van der Waals surface area contributed by atoms with E-state index < -0.39 is 10.0 Å². The number of methoxy groups -OCH3 is 1. The third-order valence-corrected chi connectivity index (χ3v) is 6.93. The molecule has 2 aromatic rings. The lowest BCUT2D eigenvalue weighted by atomic mass is 10.0. The minimum atomic E-state index is -3.73. The average molecular weight is 419 g/mol. The van der Waals surface area contributed by atoms with Crippen molar-refractivity contribution in [3.8, 4) is 11.5 Å². The monoisotopic (exact) mass is 418 g/mol. The molecule has 1 aliphatic heterocycles. The number of nitrogens with one attached hydrogen (secondary N) is 1. The van der Waals surface area contributed by atoms with Crippen molar-refractivity contribution in [3.63, 3.8) is 0 Å². The number of amides is 1. The molecule has 7 nitrogen and oxygen atoms in total. The van der Waals surface area contributed by atoms with E-state index in [1.165, 1.54) is 10.4 Å². The predicted molar refractivity (Wildman–Crippen MR) is 111 cm³/mol. The Labute approximate surface area is 171 Å². The molecular weight excluding hydrogens is 392 g/mol. The summed E-state index contributed by atoms with van der Waals surface area (Å²) in [5.41, 5.74) is 2.16. The van der Waals surface area contributed by atoms with Crippen molar-refractivity contribution < 1.29 is 22.7 Å². The van der Waals surface area contributed by atoms with Gasteiger partial charge in [0.05, 0.1) is 24.5 Å². The summed E-state index contributed by atoms with van der Waals surface area (Å²) in [5.74, 6) is 0.692. The lowest BCUT2D eigenvalue weighted by molar-refractivity contribution is -0.116. The van der Waals surface area contributed by atoms with Crippen LogP contribution in [0, 0.1) is 0 Å². The molecule has 0 saturated heterocycles. The Morgan fingerprint density at radius 1 is 1.10 bits per heavy atom. The second kappa shape index (κ2) is 8.42. The first-order valence-electron chi connectivity index (χ1n) is 9.56. The van der Waals surface area contributed by atoms with Gasteiger partial charge >= 0.3 is 0 Å². The molecule has 0 aliphatic carbocycles. The molecule has 0 saturated carbocycles. The molecule has 0 spiro atoms. The number of hydrogen-bond donors (Lipinski definition) is 1. The van der Waals surface area contributed by atoms with Gasteiger partial charge in [-0.25, -0.2) is 8.42 Å². The molecule has 2 aromatic carbocycles. The zero-order valence-corrected chi connectivity index (χ0v) is 17.9. The summed E-state index contributed by atoms with van der Waals surface area (Å²) in [4.78, 5) is 12.0. The fourth-order valence-corrected chi connectivity index (χ4v) is 4.83. The molecule has 1 atom stereocenters. The van der Waals surface area contributed by atoms with Crippen LogP contribution in [0.2, 0.25) is 0 Å². The van der Waals surface area contributed by atoms with Gasteiger partial charge in [-0.1, -0.05) is 13.0 Å². The van der Waals surface area contributed by atoms with Crippen LogP contribution in [0.3, 0.4) is 0 Å². The standard InChI is InChI=1S/C21H26N2O5S/c1-5-23(13-15-7-10-19(28-6-2)20(11-15)27-4)29(25,26)16-8-9-18-17(12-16)14(3)21(24)22-18/h7-12,14H,5-6,13H2,1-4H3,(H,22,24)/t14-/m1/s1. The molecule has 1 amide bonds. The summed E-state index contributed by atoms with van der Waals surface area (Å²) in [7, 11) is -2.18. The van der Waals surface area contributed by atoms with Gasteiger partial charge in [0.1, 0.15) is 0 Å². The molecule has 0 fully saturated rings. The van der Waals surface area contributed by atoms with E-state index in [-0.39, 0.29) is 23.3 Å². The normalized spacial score (nSPS) is 15.9. The minimum absolute atomic E-state index is 0.122. The lowest BCUT2D eigenvalue weighted by Crippen LogP contribution is -2.30. The second-order valence-corrected chi connectivity index (χ2v) is 8.75. The Hall–Kier alpha value is -2.58. The van der Waals surface area contributed by atoms with Crippen LogP contribution >= 0.6 is 0 Å². The number of benzene rings is 2. The first-order valence-corrected chi connectivity index (χ1v) is 11.0. The highest BCUT2D eigenvalue weighted by Gasteiger charge is 2.30. The zero-order chi connectivity index (χ0) is 21.2. The van der Waals surface area contributed by atoms with E-state index in [1.807, 2.05) is 13.0 Å². The van der Waals surface area contributed by atoms with Crippen LogP contribution in [-0.2, 0) is 21.4 Å². The highest BCUT2D eigenvalue weighted by Crippen LogP contribution is 2.35. The van der Waals surface area contributed by atoms with E-state index >= 15 is 0 Å². The van der Waals surface area contributed by atoms with Gasteiger partial charge in [0.15, 0.2) is 11.5 Å². The van der Waals surface area contributed by atoms with Gasteiger partial charge in [0.2, 0.25) is 15.9 Å². The molecule has 29 heavy (non-hydrogen) atoms. The molecule has 156 valence electrons. The number of hydrogen-bond acceptors (Lipinski definition) is 5. The van der Waals surface area contributed by atoms with Crippen molar-refractivity contribution in [3.05, 3.63) is 47.5 Å². The summed E-state index contributed by atoms with van der Waals surface area (Å²) in [6, 6.07) is 10.2. The number of ether oxygens (including phenoxy) is 2. The summed E-state index contributed by atoms with van der Waals surface area (Å²) >= 11 is 0. The molecule has 0 aromatic heterocycles. The molecule has 0 radical (unpaired) electrons. The van der Waals surface area contributed by atoms with Gasteiger partial charge in [-0.2, -0.15) is 4.31 Å². The Kier molecular flexibility index (Phi) is 6.14. The van der Waals surface area contributed by atoms with Crippen molar-refractivity contribution in [2.45, 2.75) is 38.1 Å². The quantitative estimate of drug-likeness (QED) is 0.711. The maximum absolute atomic E-state index is 13.2. The zero-order valence-electron chi connectivity index (χ0n) is 17.1. The molecule has 3 rings (SSSR count). The van der Waals surface area contributed by atoms with Crippen LogP contribution in [-0.4, -0.2) is 38.9 Å². The van der Waals surface area contributed by atoms with Crippen molar-refractivity contribution >= 4 is 21.6 Å². The molecule has 0 bridgehead atoms. The van der Waals surface area contributed by atoms with Gasteiger partial charge < -0.3 is 14.8 Å². The molecule has 8 heteroatoms. The van der Waals surface area contributed by atoms with Crippen LogP contribution in [0.5, 0.6) is 11.5 Å². The number of anilines is 1. The summed E-state index contributed by atoms with van der Waals surface area (Å²) in [6.07, 6.45) is 0. The van der Waals surface area contributed by atoms with Crippen molar-refractivity contribution in [1.29, 1.82) is 0 Å². The van der Waals surface area contributed by atoms with Gasteiger partial charge in [-0.15, -0.1) is 0 Å². The molecular formula is C21H26N2O5S. The number of rotatable bonds is 8. The van der Waals surface area contributed by atoms with Gasteiger partial charge in [-0.3, -0.25) is 4.79 Å². The number of nitrogens with zero attached hydrogens (tertiary/aromatic N) is 1. The van der Waals surface area contributed by atoms with Crippen LogP contribution in [0.4, 0.5) is 5.69 Å². The highest BCUT2D eigenvalue weighted by atomic mass is 32.2. The Morgan fingerprint density at radius 3 is 2.52 bits per heavy atom. The SMILES string of the molecule is CCOc1ccc(CN(CC)S(=O)(=O)c2ccc3c(c2)[C@@H](C)C(=O)N3)cc1OC. The van der Waals surface area contributed by atoms with E-state index in [4.69, 9.17) is 9.47 Å². The van der Waals surface area contributed by atoms with Crippen molar-refractivity contribution in [1.82, 2.24) is 4.31 Å². The summed E-state index contributed by atoms with van der Waals surface area (Å²) in [5, 5.41) is 2.76. The Morgan fingerprint density at radius 2 is 1.86 bits per heavy atom. The maximum atomic E-state index is 13.2. The predicted octanol–water partition coefficient (Wildman–Crippen LogP) is 3.36. The third kappa shape index (κ3) is 4.09. The Balaban J connectivity index is 1.89. The minimum Gasteiger partial charge on any atom is -0.493 e. The summed E-state index contributed by atoms with van der Waals surface area (Å²) in [6.45, 7) is 6.47. The van der Waals surface area contributed by atoms with Gasteiger partial charge in [-0.05, 0) is 55.3 Å². The lowest BCUT2D eigenvalue weighted by Gasteiger charge is -2.22. The van der Waals surface area contributed by atoms with E-state index in [2.05, 4.69) is 5.32 Å². The fourth-order valence-electron chi connectivity index (χ4n) is 3.36. The summed E-state index contributed by atoms with van der Waals surface area (Å²) < 4.78 is 38.8. The molecule has 1 N–H and O–H groups in total. The topological polar surface area (TPSA) is 84.9 Å². The van der Waals surface area contributed by atoms with Crippen molar-refractivity contribution in [2.24, 2.45) is 0 Å². The fraction of sp³-hybridized carbons (Fsp3) is 0.381. The second-order valence-electron chi connectivity index (χ2n) is 6.81. The van der Waals surface area contributed by atoms with Crippen LogP contribution < -0.4 is 14.8 Å². The molecule has 0 unspecified atom stereocenters. The number of fused-ring (bicyclic) bond motifs is 1. The van der Waals surface area contributed by atoms with E-state index in [1.54, 1.807) is 45.2 Å². The number of sulfonamides is 1. The van der Waals surface area contributed by atoms with Crippen LogP contribution in [0.1, 0.15) is 37.8 Å². The van der Waals surface area contributed by atoms with Crippen LogP contribution in [0.25, 0.3) is 0 Å². The molecule has 1 heterocycles. The number of carbonyl (C=O) groups excluding carboxylic acids is 1. The molecule has 1 aliphatic rings. The third-order valence-electron chi connectivity index (χ3n) is 5.02. The van der Waals surface area contributed by atoms with Gasteiger partial charge in [0, 0.05) is 18.8 Å². The van der Waals surface area contributed by atoms with Gasteiger partial charge in [0.25, 0.3) is 0 Å². The van der Waals surface area contributed by atoms with Crippen LogP contribution in [0.15, 0.2) is 41.3 Å². The van der Waals surface area contributed by atoms with Crippen molar-refractivity contribution in [2.75, 3.05) is 25.6 Å². The first kappa shape index (κ1) is 21.1. The Bertz CT molecular complexity index is 1020. The van der Waals surface area contributed by atoms with E-state index in [0.29, 0.717) is 35.9 Å². The largest absolute Gasteiger partial charge is 0.493 e.